The third-order valence-electron chi connectivity index (χ3n) is 4.92. The summed E-state index contributed by atoms with van der Waals surface area (Å²) in [6, 6.07) is 5.16. The van der Waals surface area contributed by atoms with Gasteiger partial charge in [-0.05, 0) is 44.1 Å². The fourth-order valence-electron chi connectivity index (χ4n) is 3.41. The molecule has 0 N–H and O–H groups in total. The van der Waals surface area contributed by atoms with E-state index in [0.29, 0.717) is 23.1 Å². The number of methoxy groups -OCH3 is 2. The number of halogens is 1. The van der Waals surface area contributed by atoms with Gasteiger partial charge in [0.05, 0.1) is 31.4 Å². The number of rotatable bonds is 7. The summed E-state index contributed by atoms with van der Waals surface area (Å²) < 4.78 is 20.9. The third kappa shape index (κ3) is 5.01. The van der Waals surface area contributed by atoms with Crippen LogP contribution in [0.25, 0.3) is 0 Å². The Hall–Kier alpha value is -2.29. The van der Waals surface area contributed by atoms with Crippen LogP contribution in [0.4, 0.5) is 5.69 Å². The Balaban J connectivity index is 1.78. The van der Waals surface area contributed by atoms with Crippen LogP contribution in [0.3, 0.4) is 0 Å². The molecule has 0 saturated carbocycles. The van der Waals surface area contributed by atoms with Gasteiger partial charge in [-0.3, -0.25) is 4.90 Å². The van der Waals surface area contributed by atoms with E-state index in [-0.39, 0.29) is 24.6 Å². The van der Waals surface area contributed by atoms with Crippen molar-refractivity contribution in [2.45, 2.75) is 12.8 Å². The molecule has 8 nitrogen and oxygen atoms in total. The molecule has 0 unspecified atom stereocenters. The number of carbonyl (C=O) groups is 2. The van der Waals surface area contributed by atoms with Gasteiger partial charge < -0.3 is 23.8 Å². The number of nitrogens with zero attached hydrogens (tertiary/aromatic N) is 2. The van der Waals surface area contributed by atoms with E-state index in [4.69, 9.17) is 30.5 Å². The van der Waals surface area contributed by atoms with E-state index in [2.05, 4.69) is 4.90 Å². The summed E-state index contributed by atoms with van der Waals surface area (Å²) in [5, 5.41) is 0.401. The lowest BCUT2D eigenvalue weighted by Crippen LogP contribution is -2.38. The van der Waals surface area contributed by atoms with Gasteiger partial charge in [0.25, 0.3) is 0 Å². The third-order valence-corrected chi connectivity index (χ3v) is 5.22. The first kappa shape index (κ1) is 21.4. The second-order valence-corrected chi connectivity index (χ2v) is 7.14. The maximum Gasteiger partial charge on any atom is 0.355 e. The van der Waals surface area contributed by atoms with E-state index in [9.17, 15) is 9.59 Å². The monoisotopic (exact) mass is 424 g/mol. The number of anilines is 1. The molecule has 9 heteroatoms. The largest absolute Gasteiger partial charge is 0.491 e. The Morgan fingerprint density at radius 2 is 1.86 bits per heavy atom. The molecule has 0 spiro atoms. The SMILES string of the molecule is COC(=O)C1=C(C(=O)OC)N(c2ccc(OCCN3CCCC3)c(Cl)c2)COC1. The van der Waals surface area contributed by atoms with Crippen molar-refractivity contribution in [3.8, 4) is 5.75 Å². The zero-order valence-corrected chi connectivity index (χ0v) is 17.4. The Morgan fingerprint density at radius 1 is 1.14 bits per heavy atom. The highest BCUT2D eigenvalue weighted by molar-refractivity contribution is 6.32. The van der Waals surface area contributed by atoms with Crippen LogP contribution in [0.15, 0.2) is 29.5 Å². The minimum Gasteiger partial charge on any atom is -0.491 e. The van der Waals surface area contributed by atoms with Crippen molar-refractivity contribution in [3.05, 3.63) is 34.5 Å². The number of hydrogen-bond donors (Lipinski definition) is 0. The van der Waals surface area contributed by atoms with Gasteiger partial charge in [-0.15, -0.1) is 0 Å². The zero-order chi connectivity index (χ0) is 20.8. The Bertz CT molecular complexity index is 791. The molecule has 3 rings (SSSR count). The number of ether oxygens (including phenoxy) is 4. The van der Waals surface area contributed by atoms with Crippen molar-refractivity contribution in [2.75, 3.05) is 58.7 Å². The highest BCUT2D eigenvalue weighted by Gasteiger charge is 2.32. The van der Waals surface area contributed by atoms with Crippen LogP contribution in [-0.4, -0.2) is 70.6 Å². The van der Waals surface area contributed by atoms with Crippen LogP contribution >= 0.6 is 11.6 Å². The summed E-state index contributed by atoms with van der Waals surface area (Å²) in [4.78, 5) is 28.3. The van der Waals surface area contributed by atoms with Crippen LogP contribution in [0.1, 0.15) is 12.8 Å². The number of hydrogen-bond acceptors (Lipinski definition) is 8. The molecular weight excluding hydrogens is 400 g/mol. The van der Waals surface area contributed by atoms with E-state index in [0.717, 1.165) is 19.6 Å². The summed E-state index contributed by atoms with van der Waals surface area (Å²) in [6.45, 7) is 3.64. The second kappa shape index (κ2) is 9.96. The molecule has 1 aromatic carbocycles. The summed E-state index contributed by atoms with van der Waals surface area (Å²) in [7, 11) is 2.50. The molecule has 2 aliphatic heterocycles. The number of benzene rings is 1. The molecule has 0 amide bonds. The van der Waals surface area contributed by atoms with Crippen LogP contribution in [0.2, 0.25) is 5.02 Å². The molecule has 0 bridgehead atoms. The predicted octanol–water partition coefficient (Wildman–Crippen LogP) is 2.21. The minimum absolute atomic E-state index is 0.0426. The highest BCUT2D eigenvalue weighted by Crippen LogP contribution is 2.33. The minimum atomic E-state index is -0.657. The van der Waals surface area contributed by atoms with Crippen LogP contribution in [0.5, 0.6) is 5.75 Å². The van der Waals surface area contributed by atoms with Gasteiger partial charge in [-0.2, -0.15) is 0 Å². The average molecular weight is 425 g/mol. The molecule has 2 heterocycles. The number of carbonyl (C=O) groups excluding carboxylic acids is 2. The maximum atomic E-state index is 12.4. The lowest BCUT2D eigenvalue weighted by molar-refractivity contribution is -0.140. The summed E-state index contributed by atoms with van der Waals surface area (Å²) in [5.74, 6) is -0.747. The zero-order valence-electron chi connectivity index (χ0n) is 16.6. The molecule has 0 aromatic heterocycles. The first-order valence-electron chi connectivity index (χ1n) is 9.45. The molecule has 0 atom stereocenters. The molecule has 1 fully saturated rings. The van der Waals surface area contributed by atoms with Crippen molar-refractivity contribution in [1.82, 2.24) is 4.90 Å². The van der Waals surface area contributed by atoms with Crippen LogP contribution in [-0.2, 0) is 23.8 Å². The van der Waals surface area contributed by atoms with Gasteiger partial charge in [0.2, 0.25) is 0 Å². The van der Waals surface area contributed by atoms with Gasteiger partial charge in [0, 0.05) is 12.2 Å². The van der Waals surface area contributed by atoms with Crippen molar-refractivity contribution in [3.63, 3.8) is 0 Å². The fourth-order valence-corrected chi connectivity index (χ4v) is 3.64. The number of esters is 2. The summed E-state index contributed by atoms with van der Waals surface area (Å²) >= 11 is 6.40. The molecular formula is C20H25ClN2O6. The molecule has 0 aliphatic carbocycles. The van der Waals surface area contributed by atoms with Gasteiger partial charge in [0.1, 0.15) is 24.8 Å². The lowest BCUT2D eigenvalue weighted by Gasteiger charge is -2.31. The van der Waals surface area contributed by atoms with E-state index in [1.807, 2.05) is 0 Å². The Morgan fingerprint density at radius 3 is 2.52 bits per heavy atom. The first-order chi connectivity index (χ1) is 14.0. The fraction of sp³-hybridized carbons (Fsp3) is 0.500. The van der Waals surface area contributed by atoms with Crippen molar-refractivity contribution in [1.29, 1.82) is 0 Å². The van der Waals surface area contributed by atoms with Gasteiger partial charge in [0.15, 0.2) is 0 Å². The average Bonchev–Trinajstić information content (AvgIpc) is 3.26. The predicted molar refractivity (Wildman–Crippen MR) is 107 cm³/mol. The molecule has 1 aromatic rings. The maximum absolute atomic E-state index is 12.4. The van der Waals surface area contributed by atoms with Gasteiger partial charge in [-0.1, -0.05) is 11.6 Å². The van der Waals surface area contributed by atoms with Crippen LogP contribution < -0.4 is 9.64 Å². The molecule has 2 aliphatic rings. The van der Waals surface area contributed by atoms with E-state index < -0.39 is 11.9 Å². The van der Waals surface area contributed by atoms with Crippen molar-refractivity contribution in [2.24, 2.45) is 0 Å². The van der Waals surface area contributed by atoms with E-state index in [1.54, 1.807) is 18.2 Å². The highest BCUT2D eigenvalue weighted by atomic mass is 35.5. The van der Waals surface area contributed by atoms with Gasteiger partial charge in [-0.25, -0.2) is 9.59 Å². The van der Waals surface area contributed by atoms with Crippen molar-refractivity contribution < 1.29 is 28.5 Å². The number of likely N-dealkylation sites (tertiary alicyclic amines) is 1. The Labute approximate surface area is 174 Å². The smallest absolute Gasteiger partial charge is 0.355 e. The second-order valence-electron chi connectivity index (χ2n) is 6.73. The molecule has 0 radical (unpaired) electrons. The standard InChI is InChI=1S/C20H25ClN2O6/c1-26-19(24)15-12-28-13-23(18(15)20(25)27-2)14-5-6-17(16(21)11-14)29-10-9-22-7-3-4-8-22/h5-6,11H,3-4,7-10,12-13H2,1-2H3. The molecule has 158 valence electrons. The summed E-state index contributed by atoms with van der Waals surface area (Å²) in [5.41, 5.74) is 0.737. The Kier molecular flexibility index (Phi) is 7.35. The topological polar surface area (TPSA) is 77.5 Å². The lowest BCUT2D eigenvalue weighted by atomic mass is 10.1. The van der Waals surface area contributed by atoms with Crippen LogP contribution in [0, 0.1) is 0 Å². The summed E-state index contributed by atoms with van der Waals surface area (Å²) in [6.07, 6.45) is 2.47. The molecule has 29 heavy (non-hydrogen) atoms. The molecule has 1 saturated heterocycles. The van der Waals surface area contributed by atoms with E-state index >= 15 is 0 Å². The van der Waals surface area contributed by atoms with Gasteiger partial charge >= 0.3 is 11.9 Å². The quantitative estimate of drug-likeness (QED) is 0.616. The normalized spacial score (nSPS) is 17.4. The van der Waals surface area contributed by atoms with Crippen molar-refractivity contribution >= 4 is 29.2 Å². The van der Waals surface area contributed by atoms with E-state index in [1.165, 1.54) is 32.0 Å². The first-order valence-corrected chi connectivity index (χ1v) is 9.82.